The lowest BCUT2D eigenvalue weighted by molar-refractivity contribution is 0.0625. The molecule has 2 aliphatic rings. The number of carbonyl (C=O) groups is 1. The zero-order chi connectivity index (χ0) is 21.3. The Labute approximate surface area is 177 Å². The number of aromatic nitrogens is 4. The van der Waals surface area contributed by atoms with E-state index in [2.05, 4.69) is 41.0 Å². The third kappa shape index (κ3) is 4.48. The Morgan fingerprint density at radius 2 is 1.80 bits per heavy atom. The highest BCUT2D eigenvalue weighted by atomic mass is 16.2. The minimum Gasteiger partial charge on any atom is -0.335 e. The van der Waals surface area contributed by atoms with Crippen LogP contribution in [0, 0.1) is 0 Å². The number of H-pyrrole nitrogens is 1. The third-order valence-electron chi connectivity index (χ3n) is 6.17. The van der Waals surface area contributed by atoms with Crippen molar-refractivity contribution in [2.45, 2.75) is 58.4 Å². The van der Waals surface area contributed by atoms with Crippen LogP contribution in [0.5, 0.6) is 0 Å². The number of carbonyl (C=O) groups excluding carboxylic acids is 1. The minimum absolute atomic E-state index is 0.00218. The zero-order valence-corrected chi connectivity index (χ0v) is 18.3. The monoisotopic (exact) mass is 412 g/mol. The maximum atomic E-state index is 12.8. The van der Waals surface area contributed by atoms with Crippen LogP contribution >= 0.6 is 0 Å². The predicted octanol–water partition coefficient (Wildman–Crippen LogP) is 1.60. The van der Waals surface area contributed by atoms with E-state index in [9.17, 15) is 9.59 Å². The third-order valence-corrected chi connectivity index (χ3v) is 6.17. The van der Waals surface area contributed by atoms with Gasteiger partial charge in [0.2, 0.25) is 0 Å². The summed E-state index contributed by atoms with van der Waals surface area (Å²) in [5, 5.41) is 11.8. The average molecular weight is 413 g/mol. The van der Waals surface area contributed by atoms with Crippen molar-refractivity contribution < 1.29 is 4.79 Å². The molecule has 30 heavy (non-hydrogen) atoms. The molecule has 8 heteroatoms. The molecule has 1 N–H and O–H groups in total. The van der Waals surface area contributed by atoms with Crippen molar-refractivity contribution >= 4 is 5.91 Å². The van der Waals surface area contributed by atoms with Gasteiger partial charge in [-0.05, 0) is 37.3 Å². The van der Waals surface area contributed by atoms with E-state index in [0.717, 1.165) is 62.3 Å². The van der Waals surface area contributed by atoms with Gasteiger partial charge < -0.3 is 4.90 Å². The van der Waals surface area contributed by atoms with E-state index < -0.39 is 0 Å². The van der Waals surface area contributed by atoms with Crippen molar-refractivity contribution in [1.29, 1.82) is 0 Å². The standard InChI is InChI=1S/C22H32N6O2/c1-22(2,3)19-15-18(23-24-19)21(30)27-11-8-26(9-12-27)10-13-28-20(29)14-16-6-4-5-7-17(16)25-28/h14-15H,4-13H2,1-3H3,(H,23,24). The Morgan fingerprint density at radius 1 is 1.07 bits per heavy atom. The van der Waals surface area contributed by atoms with Gasteiger partial charge in [-0.2, -0.15) is 10.2 Å². The van der Waals surface area contributed by atoms with Crippen molar-refractivity contribution in [1.82, 2.24) is 29.8 Å². The molecule has 1 aliphatic carbocycles. The van der Waals surface area contributed by atoms with E-state index in [4.69, 9.17) is 0 Å². The maximum Gasteiger partial charge on any atom is 0.274 e. The number of rotatable bonds is 4. The first kappa shape index (κ1) is 20.8. The van der Waals surface area contributed by atoms with Gasteiger partial charge in [-0.25, -0.2) is 4.68 Å². The van der Waals surface area contributed by atoms with Gasteiger partial charge in [-0.15, -0.1) is 0 Å². The Hall–Kier alpha value is -2.48. The number of hydrogen-bond acceptors (Lipinski definition) is 5. The maximum absolute atomic E-state index is 12.8. The van der Waals surface area contributed by atoms with Crippen molar-refractivity contribution in [3.63, 3.8) is 0 Å². The lowest BCUT2D eigenvalue weighted by atomic mass is 9.92. The molecule has 3 heterocycles. The van der Waals surface area contributed by atoms with Crippen molar-refractivity contribution in [3.05, 3.63) is 45.1 Å². The quantitative estimate of drug-likeness (QED) is 0.824. The first-order valence-electron chi connectivity index (χ1n) is 11.0. The fraction of sp³-hybridized carbons (Fsp3) is 0.636. The Bertz CT molecular complexity index is 963. The van der Waals surface area contributed by atoms with Gasteiger partial charge in [0.25, 0.3) is 11.5 Å². The lowest BCUT2D eigenvalue weighted by Gasteiger charge is -2.34. The van der Waals surface area contributed by atoms with E-state index in [0.29, 0.717) is 25.3 Å². The molecule has 0 unspecified atom stereocenters. The molecule has 0 saturated carbocycles. The molecule has 2 aromatic heterocycles. The molecule has 162 valence electrons. The van der Waals surface area contributed by atoms with Crippen molar-refractivity contribution in [3.8, 4) is 0 Å². The number of nitrogens with zero attached hydrogens (tertiary/aromatic N) is 5. The summed E-state index contributed by atoms with van der Waals surface area (Å²) >= 11 is 0. The molecule has 1 saturated heterocycles. The first-order valence-corrected chi connectivity index (χ1v) is 11.0. The summed E-state index contributed by atoms with van der Waals surface area (Å²) in [6.45, 7) is 10.6. The second-order valence-corrected chi connectivity index (χ2v) is 9.44. The summed E-state index contributed by atoms with van der Waals surface area (Å²) in [4.78, 5) is 29.3. The van der Waals surface area contributed by atoms with Crippen LogP contribution in [0.3, 0.4) is 0 Å². The SMILES string of the molecule is CC(C)(C)c1cc(C(=O)N2CCN(CCn3nc4c(cc3=O)CCCC4)CC2)n[nH]1. The molecule has 0 spiro atoms. The van der Waals surface area contributed by atoms with Crippen molar-refractivity contribution in [2.24, 2.45) is 0 Å². The zero-order valence-electron chi connectivity index (χ0n) is 18.3. The normalized spacial score (nSPS) is 17.8. The van der Waals surface area contributed by atoms with Crippen LogP contribution in [0.2, 0.25) is 0 Å². The van der Waals surface area contributed by atoms with E-state index in [-0.39, 0.29) is 16.9 Å². The van der Waals surface area contributed by atoms with E-state index in [1.807, 2.05) is 11.0 Å². The molecule has 0 bridgehead atoms. The van der Waals surface area contributed by atoms with Crippen LogP contribution in [0.4, 0.5) is 0 Å². The van der Waals surface area contributed by atoms with E-state index in [1.165, 1.54) is 0 Å². The fourth-order valence-corrected chi connectivity index (χ4v) is 4.15. The van der Waals surface area contributed by atoms with Crippen molar-refractivity contribution in [2.75, 3.05) is 32.7 Å². The van der Waals surface area contributed by atoms with Gasteiger partial charge in [0.15, 0.2) is 0 Å². The first-order chi connectivity index (χ1) is 14.3. The molecule has 1 aliphatic heterocycles. The fourth-order valence-electron chi connectivity index (χ4n) is 4.15. The van der Waals surface area contributed by atoms with Crippen LogP contribution in [-0.2, 0) is 24.8 Å². The average Bonchev–Trinajstić information content (AvgIpc) is 3.23. The van der Waals surface area contributed by atoms with Gasteiger partial charge in [0.1, 0.15) is 5.69 Å². The summed E-state index contributed by atoms with van der Waals surface area (Å²) in [6.07, 6.45) is 4.25. The molecule has 0 atom stereocenters. The van der Waals surface area contributed by atoms with Crippen LogP contribution in [-0.4, -0.2) is 68.4 Å². The molecule has 8 nitrogen and oxygen atoms in total. The van der Waals surface area contributed by atoms with Gasteiger partial charge in [0, 0.05) is 49.9 Å². The predicted molar refractivity (Wildman–Crippen MR) is 115 cm³/mol. The Kier molecular flexibility index (Phi) is 5.77. The minimum atomic E-state index is -0.0625. The van der Waals surface area contributed by atoms with Crippen LogP contribution < -0.4 is 5.56 Å². The topological polar surface area (TPSA) is 87.1 Å². The smallest absolute Gasteiger partial charge is 0.274 e. The summed E-state index contributed by atoms with van der Waals surface area (Å²) in [5.74, 6) is -0.0195. The summed E-state index contributed by atoms with van der Waals surface area (Å²) in [6, 6.07) is 3.64. The number of piperazine rings is 1. The molecular weight excluding hydrogens is 380 g/mol. The lowest BCUT2D eigenvalue weighted by Crippen LogP contribution is -2.49. The second kappa shape index (κ2) is 8.34. The van der Waals surface area contributed by atoms with E-state index >= 15 is 0 Å². The summed E-state index contributed by atoms with van der Waals surface area (Å²) < 4.78 is 1.61. The van der Waals surface area contributed by atoms with E-state index in [1.54, 1.807) is 10.7 Å². The molecule has 0 aromatic carbocycles. The van der Waals surface area contributed by atoms with Crippen LogP contribution in [0.1, 0.15) is 61.1 Å². The second-order valence-electron chi connectivity index (χ2n) is 9.44. The molecular formula is C22H32N6O2. The summed E-state index contributed by atoms with van der Waals surface area (Å²) in [7, 11) is 0. The number of nitrogens with one attached hydrogen (secondary N) is 1. The van der Waals surface area contributed by atoms with Gasteiger partial charge in [0.05, 0.1) is 12.2 Å². The highest BCUT2D eigenvalue weighted by molar-refractivity contribution is 5.92. The summed E-state index contributed by atoms with van der Waals surface area (Å²) in [5.41, 5.74) is 3.60. The molecule has 4 rings (SSSR count). The van der Waals surface area contributed by atoms with Gasteiger partial charge in [-0.1, -0.05) is 20.8 Å². The van der Waals surface area contributed by atoms with Gasteiger partial charge in [-0.3, -0.25) is 19.6 Å². The number of amides is 1. The number of fused-ring (bicyclic) bond motifs is 1. The number of hydrogen-bond donors (Lipinski definition) is 1. The molecule has 1 fully saturated rings. The molecule has 2 aromatic rings. The van der Waals surface area contributed by atoms with Crippen LogP contribution in [0.15, 0.2) is 16.9 Å². The number of aromatic amines is 1. The highest BCUT2D eigenvalue weighted by Gasteiger charge is 2.26. The molecule has 1 amide bonds. The number of aryl methyl sites for hydroxylation is 2. The largest absolute Gasteiger partial charge is 0.335 e. The highest BCUT2D eigenvalue weighted by Crippen LogP contribution is 2.21. The Morgan fingerprint density at radius 3 is 2.50 bits per heavy atom. The Balaban J connectivity index is 1.30. The van der Waals surface area contributed by atoms with Crippen LogP contribution in [0.25, 0.3) is 0 Å². The molecule has 0 radical (unpaired) electrons. The van der Waals surface area contributed by atoms with Gasteiger partial charge >= 0.3 is 0 Å².